The van der Waals surface area contributed by atoms with Crippen LogP contribution in [-0.4, -0.2) is 20.3 Å². The van der Waals surface area contributed by atoms with Crippen LogP contribution in [0.15, 0.2) is 11.1 Å². The highest BCUT2D eigenvalue weighted by Gasteiger charge is 2.41. The van der Waals surface area contributed by atoms with E-state index in [1.54, 1.807) is 20.3 Å². The van der Waals surface area contributed by atoms with E-state index in [9.17, 15) is 4.79 Å². The van der Waals surface area contributed by atoms with Crippen molar-refractivity contribution in [2.24, 2.45) is 4.99 Å². The molecule has 2 rings (SSSR count). The Labute approximate surface area is 123 Å². The van der Waals surface area contributed by atoms with Crippen molar-refractivity contribution in [1.82, 2.24) is 0 Å². The van der Waals surface area contributed by atoms with Gasteiger partial charge in [-0.2, -0.15) is 4.99 Å². The summed E-state index contributed by atoms with van der Waals surface area (Å²) in [5.74, 6) is 1.25. The summed E-state index contributed by atoms with van der Waals surface area (Å²) < 4.78 is 10.8. The number of aliphatic imine (C=N–C) groups is 1. The van der Waals surface area contributed by atoms with E-state index < -0.39 is 5.54 Å². The molecule has 0 atom stereocenters. The van der Waals surface area contributed by atoms with Gasteiger partial charge in [-0.1, -0.05) is 24.4 Å². The predicted molar refractivity (Wildman–Crippen MR) is 77.6 cm³/mol. The quantitative estimate of drug-likeness (QED) is 0.627. The minimum Gasteiger partial charge on any atom is -0.496 e. The number of hydrogen-bond acceptors (Lipinski definition) is 4. The van der Waals surface area contributed by atoms with Crippen molar-refractivity contribution >= 4 is 17.7 Å². The second-order valence-electron chi connectivity index (χ2n) is 5.06. The first-order valence-electron chi connectivity index (χ1n) is 6.60. The minimum absolute atomic E-state index is 0.477. The number of isocyanates is 1. The Kier molecular flexibility index (Phi) is 4.36. The van der Waals surface area contributed by atoms with Crippen LogP contribution in [0.5, 0.6) is 11.5 Å². The highest BCUT2D eigenvalue weighted by Crippen LogP contribution is 2.51. The number of nitrogens with zero attached hydrogens (tertiary/aromatic N) is 1. The molecule has 0 bridgehead atoms. The number of benzene rings is 1. The molecule has 0 saturated heterocycles. The first-order chi connectivity index (χ1) is 9.59. The SMILES string of the molecule is COc1cc(C)c(OC)c(Cl)c1C1(N=C=O)CCCC1. The Balaban J connectivity index is 2.73. The van der Waals surface area contributed by atoms with E-state index in [0.717, 1.165) is 36.8 Å². The van der Waals surface area contributed by atoms with Crippen molar-refractivity contribution in [3.8, 4) is 11.5 Å². The minimum atomic E-state index is -0.634. The summed E-state index contributed by atoms with van der Waals surface area (Å²) in [6.07, 6.45) is 5.24. The molecule has 1 fully saturated rings. The number of rotatable bonds is 4. The fourth-order valence-electron chi connectivity index (χ4n) is 3.04. The van der Waals surface area contributed by atoms with Gasteiger partial charge >= 0.3 is 0 Å². The fourth-order valence-corrected chi connectivity index (χ4v) is 3.53. The summed E-state index contributed by atoms with van der Waals surface area (Å²) in [6.45, 7) is 1.90. The summed E-state index contributed by atoms with van der Waals surface area (Å²) >= 11 is 6.51. The number of carbonyl (C=O) groups excluding carboxylic acids is 1. The van der Waals surface area contributed by atoms with Gasteiger partial charge < -0.3 is 9.47 Å². The van der Waals surface area contributed by atoms with E-state index >= 15 is 0 Å². The van der Waals surface area contributed by atoms with Gasteiger partial charge in [0.15, 0.2) is 0 Å². The molecule has 4 nitrogen and oxygen atoms in total. The van der Waals surface area contributed by atoms with Gasteiger partial charge in [0.25, 0.3) is 0 Å². The second kappa shape index (κ2) is 5.86. The maximum Gasteiger partial charge on any atom is 0.235 e. The van der Waals surface area contributed by atoms with Gasteiger partial charge in [-0.3, -0.25) is 0 Å². The molecule has 0 radical (unpaired) electrons. The molecular weight excluding hydrogens is 278 g/mol. The number of methoxy groups -OCH3 is 2. The Morgan fingerprint density at radius 1 is 1.30 bits per heavy atom. The average molecular weight is 296 g/mol. The molecule has 5 heteroatoms. The van der Waals surface area contributed by atoms with Gasteiger partial charge in [0.05, 0.1) is 19.2 Å². The van der Waals surface area contributed by atoms with Gasteiger partial charge in [0, 0.05) is 5.56 Å². The summed E-state index contributed by atoms with van der Waals surface area (Å²) in [5, 5.41) is 0.477. The second-order valence-corrected chi connectivity index (χ2v) is 5.44. The third-order valence-electron chi connectivity index (χ3n) is 3.95. The highest BCUT2D eigenvalue weighted by molar-refractivity contribution is 6.33. The van der Waals surface area contributed by atoms with Gasteiger partial charge in [0.2, 0.25) is 6.08 Å². The molecule has 0 unspecified atom stereocenters. The van der Waals surface area contributed by atoms with Crippen LogP contribution >= 0.6 is 11.6 Å². The van der Waals surface area contributed by atoms with Gasteiger partial charge in [-0.25, -0.2) is 4.79 Å². The highest BCUT2D eigenvalue weighted by atomic mass is 35.5. The first-order valence-corrected chi connectivity index (χ1v) is 6.98. The summed E-state index contributed by atoms with van der Waals surface area (Å²) in [4.78, 5) is 14.9. The summed E-state index contributed by atoms with van der Waals surface area (Å²) in [7, 11) is 3.17. The molecule has 1 aromatic carbocycles. The molecule has 1 aliphatic rings. The third-order valence-corrected chi connectivity index (χ3v) is 4.31. The molecule has 0 aliphatic heterocycles. The van der Waals surface area contributed by atoms with Crippen LogP contribution in [0.3, 0.4) is 0 Å². The van der Waals surface area contributed by atoms with Crippen LogP contribution < -0.4 is 9.47 Å². The topological polar surface area (TPSA) is 47.9 Å². The van der Waals surface area contributed by atoms with E-state index in [1.165, 1.54) is 0 Å². The number of halogens is 1. The van der Waals surface area contributed by atoms with Crippen molar-refractivity contribution in [3.63, 3.8) is 0 Å². The van der Waals surface area contributed by atoms with Crippen LogP contribution in [-0.2, 0) is 10.3 Å². The molecule has 0 heterocycles. The molecular formula is C15H18ClNO3. The van der Waals surface area contributed by atoms with Gasteiger partial charge in [-0.05, 0) is 31.4 Å². The molecule has 0 aromatic heterocycles. The maximum atomic E-state index is 10.9. The zero-order valence-electron chi connectivity index (χ0n) is 12.0. The lowest BCUT2D eigenvalue weighted by atomic mass is 9.87. The van der Waals surface area contributed by atoms with Crippen molar-refractivity contribution in [3.05, 3.63) is 22.2 Å². The molecule has 0 N–H and O–H groups in total. The zero-order chi connectivity index (χ0) is 14.8. The number of aryl methyl sites for hydroxylation is 1. The molecule has 108 valence electrons. The number of ether oxygens (including phenoxy) is 2. The lowest BCUT2D eigenvalue weighted by molar-refractivity contribution is 0.370. The van der Waals surface area contributed by atoms with Crippen LogP contribution in [0.4, 0.5) is 0 Å². The van der Waals surface area contributed by atoms with Crippen molar-refractivity contribution in [2.75, 3.05) is 14.2 Å². The summed E-state index contributed by atoms with van der Waals surface area (Å²) in [5.41, 5.74) is 0.997. The monoisotopic (exact) mass is 295 g/mol. The number of hydrogen-bond donors (Lipinski definition) is 0. The standard InChI is InChI=1S/C15H18ClNO3/c1-10-8-11(19-2)12(13(16)14(10)20-3)15(17-9-18)6-4-5-7-15/h8H,4-7H2,1-3H3. The fraction of sp³-hybridized carbons (Fsp3) is 0.533. The van der Waals surface area contributed by atoms with E-state index in [0.29, 0.717) is 16.5 Å². The van der Waals surface area contributed by atoms with Crippen molar-refractivity contribution in [2.45, 2.75) is 38.1 Å². The first kappa shape index (κ1) is 14.9. The lowest BCUT2D eigenvalue weighted by Gasteiger charge is -2.27. The predicted octanol–water partition coefficient (Wildman–Crippen LogP) is 3.77. The van der Waals surface area contributed by atoms with E-state index in [2.05, 4.69) is 4.99 Å². The van der Waals surface area contributed by atoms with Crippen molar-refractivity contribution < 1.29 is 14.3 Å². The Bertz CT molecular complexity index is 559. The van der Waals surface area contributed by atoms with Crippen LogP contribution in [0.2, 0.25) is 5.02 Å². The zero-order valence-corrected chi connectivity index (χ0v) is 12.7. The van der Waals surface area contributed by atoms with E-state index in [-0.39, 0.29) is 0 Å². The van der Waals surface area contributed by atoms with Crippen molar-refractivity contribution in [1.29, 1.82) is 0 Å². The van der Waals surface area contributed by atoms with E-state index in [1.807, 2.05) is 13.0 Å². The third kappa shape index (κ3) is 2.30. The van der Waals surface area contributed by atoms with Crippen LogP contribution in [0.1, 0.15) is 36.8 Å². The largest absolute Gasteiger partial charge is 0.496 e. The Morgan fingerprint density at radius 3 is 2.45 bits per heavy atom. The normalized spacial score (nSPS) is 16.6. The molecule has 1 aromatic rings. The van der Waals surface area contributed by atoms with E-state index in [4.69, 9.17) is 21.1 Å². The lowest BCUT2D eigenvalue weighted by Crippen LogP contribution is -2.21. The van der Waals surface area contributed by atoms with Gasteiger partial charge in [-0.15, -0.1) is 0 Å². The molecule has 0 amide bonds. The summed E-state index contributed by atoms with van der Waals surface area (Å²) in [6, 6.07) is 1.88. The van der Waals surface area contributed by atoms with Gasteiger partial charge in [0.1, 0.15) is 17.0 Å². The molecule has 20 heavy (non-hydrogen) atoms. The molecule has 1 saturated carbocycles. The average Bonchev–Trinajstić information content (AvgIpc) is 2.88. The van der Waals surface area contributed by atoms with Crippen LogP contribution in [0, 0.1) is 6.92 Å². The Hall–Kier alpha value is -1.51. The Morgan fingerprint density at radius 2 is 1.95 bits per heavy atom. The van der Waals surface area contributed by atoms with Crippen LogP contribution in [0.25, 0.3) is 0 Å². The smallest absolute Gasteiger partial charge is 0.235 e. The maximum absolute atomic E-state index is 10.9. The molecule has 0 spiro atoms. The molecule has 1 aliphatic carbocycles.